The van der Waals surface area contributed by atoms with Crippen LogP contribution in [0.25, 0.3) is 0 Å². The number of aliphatic hydroxyl groups excluding tert-OH is 1. The van der Waals surface area contributed by atoms with Crippen molar-refractivity contribution < 1.29 is 24.1 Å². The molecule has 3 atom stereocenters. The Balaban J connectivity index is 2.37. The van der Waals surface area contributed by atoms with Crippen LogP contribution in [0.2, 0.25) is 0 Å². The summed E-state index contributed by atoms with van der Waals surface area (Å²) in [6.07, 6.45) is 2.18. The molecule has 1 heterocycles. The standard InChI is InChI=1S/C12H20O5/c1-3-4-5-6-15-12-11(17-9(2)13)7-10(14)8-16-12/h3,10-12,14H,1,4-8H2,2H3. The molecule has 0 radical (unpaired) electrons. The fourth-order valence-electron chi connectivity index (χ4n) is 1.66. The number of aliphatic hydroxyl groups is 1. The van der Waals surface area contributed by atoms with E-state index in [0.717, 1.165) is 12.8 Å². The minimum absolute atomic E-state index is 0.212. The molecule has 0 aromatic carbocycles. The van der Waals surface area contributed by atoms with Crippen LogP contribution < -0.4 is 0 Å². The van der Waals surface area contributed by atoms with Gasteiger partial charge in [0.15, 0.2) is 12.4 Å². The van der Waals surface area contributed by atoms with E-state index in [9.17, 15) is 9.90 Å². The van der Waals surface area contributed by atoms with Crippen molar-refractivity contribution in [1.29, 1.82) is 0 Å². The summed E-state index contributed by atoms with van der Waals surface area (Å²) in [7, 11) is 0. The van der Waals surface area contributed by atoms with Crippen molar-refractivity contribution in [3.05, 3.63) is 12.7 Å². The van der Waals surface area contributed by atoms with Gasteiger partial charge < -0.3 is 19.3 Å². The molecule has 0 amide bonds. The summed E-state index contributed by atoms with van der Waals surface area (Å²) in [4.78, 5) is 10.9. The molecule has 0 bridgehead atoms. The maximum absolute atomic E-state index is 10.9. The molecule has 1 rings (SSSR count). The zero-order valence-corrected chi connectivity index (χ0v) is 10.1. The van der Waals surface area contributed by atoms with Gasteiger partial charge in [0.1, 0.15) is 0 Å². The Morgan fingerprint density at radius 2 is 2.41 bits per heavy atom. The number of carbonyl (C=O) groups is 1. The van der Waals surface area contributed by atoms with Crippen LogP contribution in [0.5, 0.6) is 0 Å². The predicted octanol–water partition coefficient (Wildman–Crippen LogP) is 1.01. The van der Waals surface area contributed by atoms with Crippen LogP contribution in [-0.2, 0) is 19.0 Å². The third kappa shape index (κ3) is 5.30. The number of unbranched alkanes of at least 4 members (excludes halogenated alkanes) is 1. The van der Waals surface area contributed by atoms with Crippen LogP contribution in [0.3, 0.4) is 0 Å². The SMILES string of the molecule is C=CCCCOC1OCC(O)CC1OC(C)=O. The van der Waals surface area contributed by atoms with Crippen LogP contribution in [0.1, 0.15) is 26.2 Å². The van der Waals surface area contributed by atoms with Gasteiger partial charge in [-0.2, -0.15) is 0 Å². The first kappa shape index (κ1) is 14.2. The zero-order valence-electron chi connectivity index (χ0n) is 10.1. The van der Waals surface area contributed by atoms with Crippen LogP contribution in [0.15, 0.2) is 12.7 Å². The molecular weight excluding hydrogens is 224 g/mol. The fraction of sp³-hybridized carbons (Fsp3) is 0.750. The summed E-state index contributed by atoms with van der Waals surface area (Å²) in [5.74, 6) is -0.396. The van der Waals surface area contributed by atoms with Crippen molar-refractivity contribution in [2.24, 2.45) is 0 Å². The highest BCUT2D eigenvalue weighted by molar-refractivity contribution is 5.66. The third-order valence-corrected chi connectivity index (χ3v) is 2.41. The molecular formula is C12H20O5. The molecule has 0 aliphatic carbocycles. The van der Waals surface area contributed by atoms with Gasteiger partial charge >= 0.3 is 5.97 Å². The number of carbonyl (C=O) groups excluding carboxylic acids is 1. The molecule has 1 N–H and O–H groups in total. The van der Waals surface area contributed by atoms with E-state index in [0.29, 0.717) is 13.0 Å². The monoisotopic (exact) mass is 244 g/mol. The minimum Gasteiger partial charge on any atom is -0.457 e. The number of ether oxygens (including phenoxy) is 3. The topological polar surface area (TPSA) is 65.0 Å². The third-order valence-electron chi connectivity index (χ3n) is 2.41. The first-order chi connectivity index (χ1) is 8.13. The van der Waals surface area contributed by atoms with Gasteiger partial charge in [-0.1, -0.05) is 6.08 Å². The molecule has 1 aliphatic heterocycles. The first-order valence-electron chi connectivity index (χ1n) is 5.83. The van der Waals surface area contributed by atoms with Crippen LogP contribution in [-0.4, -0.2) is 42.8 Å². The zero-order chi connectivity index (χ0) is 12.7. The molecule has 0 aromatic rings. The highest BCUT2D eigenvalue weighted by Crippen LogP contribution is 2.19. The number of allylic oxidation sites excluding steroid dienone is 1. The van der Waals surface area contributed by atoms with Crippen molar-refractivity contribution in [3.8, 4) is 0 Å². The van der Waals surface area contributed by atoms with Crippen LogP contribution in [0, 0.1) is 0 Å². The van der Waals surface area contributed by atoms with E-state index in [1.54, 1.807) is 0 Å². The van der Waals surface area contributed by atoms with Crippen molar-refractivity contribution in [3.63, 3.8) is 0 Å². The van der Waals surface area contributed by atoms with Gasteiger partial charge in [-0.05, 0) is 12.8 Å². The maximum atomic E-state index is 10.9. The first-order valence-corrected chi connectivity index (χ1v) is 5.83. The summed E-state index contributed by atoms with van der Waals surface area (Å²) in [5, 5.41) is 9.43. The van der Waals surface area contributed by atoms with E-state index in [4.69, 9.17) is 14.2 Å². The van der Waals surface area contributed by atoms with E-state index in [1.807, 2.05) is 6.08 Å². The quantitative estimate of drug-likeness (QED) is 0.429. The number of rotatable bonds is 6. The molecule has 0 saturated carbocycles. The molecule has 1 saturated heterocycles. The van der Waals surface area contributed by atoms with Gasteiger partial charge in [0, 0.05) is 13.3 Å². The van der Waals surface area contributed by atoms with Crippen LogP contribution >= 0.6 is 0 Å². The summed E-state index contributed by atoms with van der Waals surface area (Å²) >= 11 is 0. The Labute approximate surface area is 101 Å². The van der Waals surface area contributed by atoms with Crippen molar-refractivity contribution in [1.82, 2.24) is 0 Å². The molecule has 98 valence electrons. The fourth-order valence-corrected chi connectivity index (χ4v) is 1.66. The van der Waals surface area contributed by atoms with Gasteiger partial charge in [-0.25, -0.2) is 0 Å². The van der Waals surface area contributed by atoms with E-state index in [-0.39, 0.29) is 6.61 Å². The number of esters is 1. The molecule has 0 spiro atoms. The summed E-state index contributed by atoms with van der Waals surface area (Å²) in [6, 6.07) is 0. The Morgan fingerprint density at radius 1 is 1.65 bits per heavy atom. The van der Waals surface area contributed by atoms with Gasteiger partial charge in [-0.15, -0.1) is 6.58 Å². The largest absolute Gasteiger partial charge is 0.457 e. The number of hydrogen-bond donors (Lipinski definition) is 1. The second kappa shape index (κ2) is 7.42. The van der Waals surface area contributed by atoms with E-state index in [2.05, 4.69) is 6.58 Å². The smallest absolute Gasteiger partial charge is 0.303 e. The molecule has 3 unspecified atom stereocenters. The van der Waals surface area contributed by atoms with Gasteiger partial charge in [0.25, 0.3) is 0 Å². The minimum atomic E-state index is -0.604. The molecule has 5 nitrogen and oxygen atoms in total. The average molecular weight is 244 g/mol. The molecule has 1 fully saturated rings. The van der Waals surface area contributed by atoms with E-state index < -0.39 is 24.5 Å². The lowest BCUT2D eigenvalue weighted by Gasteiger charge is -2.33. The summed E-state index contributed by atoms with van der Waals surface area (Å²) < 4.78 is 15.9. The van der Waals surface area contributed by atoms with E-state index in [1.165, 1.54) is 6.92 Å². The molecule has 0 aromatic heterocycles. The molecule has 1 aliphatic rings. The Hall–Kier alpha value is -0.910. The number of hydrogen-bond acceptors (Lipinski definition) is 5. The van der Waals surface area contributed by atoms with Gasteiger partial charge in [0.05, 0.1) is 19.3 Å². The summed E-state index contributed by atoms with van der Waals surface area (Å²) in [6.45, 7) is 5.68. The van der Waals surface area contributed by atoms with E-state index >= 15 is 0 Å². The second-order valence-electron chi connectivity index (χ2n) is 4.04. The lowest BCUT2D eigenvalue weighted by molar-refractivity contribution is -0.243. The molecule has 17 heavy (non-hydrogen) atoms. The Bertz CT molecular complexity index is 253. The van der Waals surface area contributed by atoms with Crippen LogP contribution in [0.4, 0.5) is 0 Å². The lowest BCUT2D eigenvalue weighted by atomic mass is 10.1. The second-order valence-corrected chi connectivity index (χ2v) is 4.04. The van der Waals surface area contributed by atoms with Crippen molar-refractivity contribution in [2.45, 2.75) is 44.7 Å². The Morgan fingerprint density at radius 3 is 3.06 bits per heavy atom. The Kier molecular flexibility index (Phi) is 6.18. The van der Waals surface area contributed by atoms with Gasteiger partial charge in [0.2, 0.25) is 0 Å². The van der Waals surface area contributed by atoms with Crippen molar-refractivity contribution in [2.75, 3.05) is 13.2 Å². The highest BCUT2D eigenvalue weighted by Gasteiger charge is 2.33. The van der Waals surface area contributed by atoms with Crippen molar-refractivity contribution >= 4 is 5.97 Å². The molecule has 5 heteroatoms. The highest BCUT2D eigenvalue weighted by atomic mass is 16.7. The normalized spacial score (nSPS) is 28.7. The lowest BCUT2D eigenvalue weighted by Crippen LogP contribution is -2.44. The average Bonchev–Trinajstić information content (AvgIpc) is 2.26. The predicted molar refractivity (Wildman–Crippen MR) is 61.3 cm³/mol. The summed E-state index contributed by atoms with van der Waals surface area (Å²) in [5.41, 5.74) is 0. The van der Waals surface area contributed by atoms with Gasteiger partial charge in [-0.3, -0.25) is 4.79 Å². The maximum Gasteiger partial charge on any atom is 0.303 e.